The Morgan fingerprint density at radius 2 is 1.45 bits per heavy atom. The zero-order valence-electron chi connectivity index (χ0n) is 12.9. The van der Waals surface area contributed by atoms with Crippen LogP contribution >= 0.6 is 0 Å². The van der Waals surface area contributed by atoms with Crippen LogP contribution in [0.5, 0.6) is 0 Å². The Kier molecular flexibility index (Phi) is 3.51. The van der Waals surface area contributed by atoms with Crippen molar-refractivity contribution in [1.29, 1.82) is 0 Å². The molecular formula is C20H23NO. The Labute approximate surface area is 132 Å². The second kappa shape index (κ2) is 5.53. The number of nitrogens with zero attached hydrogens (tertiary/aromatic N) is 1. The van der Waals surface area contributed by atoms with Crippen molar-refractivity contribution in [3.8, 4) is 0 Å². The zero-order valence-corrected chi connectivity index (χ0v) is 12.9. The smallest absolute Gasteiger partial charge is 0.0920 e. The van der Waals surface area contributed by atoms with Gasteiger partial charge in [0.2, 0.25) is 0 Å². The first-order valence-corrected chi connectivity index (χ1v) is 8.33. The average Bonchev–Trinajstić information content (AvgIpc) is 3.38. The zero-order chi connectivity index (χ0) is 15.0. The molecule has 114 valence electrons. The summed E-state index contributed by atoms with van der Waals surface area (Å²) in [6.45, 7) is 2.00. The lowest BCUT2D eigenvalue weighted by Gasteiger charge is -2.39. The highest BCUT2D eigenvalue weighted by atomic mass is 16.3. The Morgan fingerprint density at radius 3 is 2.09 bits per heavy atom. The standard InChI is InChI=1S/C20H23NO/c22-20(17-9-5-2-6-10-17)11-13-21(14-12-20)19-15-18(19)16-7-3-1-4-8-16/h1-10,18-19,22H,11-15H2/t18-,19+/m0/s1. The SMILES string of the molecule is OC1(c2ccccc2)CCN([C@@H]2C[C@H]2c2ccccc2)CC1. The summed E-state index contributed by atoms with van der Waals surface area (Å²) < 4.78 is 0. The maximum Gasteiger partial charge on any atom is 0.0920 e. The van der Waals surface area contributed by atoms with Crippen LogP contribution in [0.25, 0.3) is 0 Å². The fraction of sp³-hybridized carbons (Fsp3) is 0.400. The molecule has 2 atom stereocenters. The normalized spacial score (nSPS) is 27.5. The molecule has 0 bridgehead atoms. The van der Waals surface area contributed by atoms with Gasteiger partial charge in [0.25, 0.3) is 0 Å². The molecule has 1 saturated carbocycles. The van der Waals surface area contributed by atoms with Crippen molar-refractivity contribution in [3.63, 3.8) is 0 Å². The summed E-state index contributed by atoms with van der Waals surface area (Å²) in [5.41, 5.74) is 1.91. The molecular weight excluding hydrogens is 270 g/mol. The van der Waals surface area contributed by atoms with Crippen LogP contribution in [0.4, 0.5) is 0 Å². The third-order valence-electron chi connectivity index (χ3n) is 5.39. The molecule has 1 heterocycles. The van der Waals surface area contributed by atoms with Crippen molar-refractivity contribution in [2.75, 3.05) is 13.1 Å². The van der Waals surface area contributed by atoms with Gasteiger partial charge in [-0.05, 0) is 30.4 Å². The van der Waals surface area contributed by atoms with Crippen LogP contribution in [0.1, 0.15) is 36.3 Å². The van der Waals surface area contributed by atoms with E-state index in [4.69, 9.17) is 0 Å². The summed E-state index contributed by atoms with van der Waals surface area (Å²) in [6.07, 6.45) is 2.96. The van der Waals surface area contributed by atoms with Gasteiger partial charge in [0, 0.05) is 25.0 Å². The van der Waals surface area contributed by atoms with Crippen molar-refractivity contribution in [2.24, 2.45) is 0 Å². The maximum absolute atomic E-state index is 10.9. The summed E-state index contributed by atoms with van der Waals surface area (Å²) in [5, 5.41) is 10.9. The van der Waals surface area contributed by atoms with E-state index in [1.54, 1.807) is 0 Å². The lowest BCUT2D eigenvalue weighted by molar-refractivity contribution is -0.0281. The van der Waals surface area contributed by atoms with E-state index < -0.39 is 5.60 Å². The third-order valence-corrected chi connectivity index (χ3v) is 5.39. The molecule has 1 N–H and O–H groups in total. The molecule has 2 heteroatoms. The summed E-state index contributed by atoms with van der Waals surface area (Å²) >= 11 is 0. The number of rotatable bonds is 3. The number of hydrogen-bond acceptors (Lipinski definition) is 2. The molecule has 1 aliphatic heterocycles. The largest absolute Gasteiger partial charge is 0.385 e. The minimum Gasteiger partial charge on any atom is -0.385 e. The van der Waals surface area contributed by atoms with Crippen LogP contribution in [-0.2, 0) is 5.60 Å². The molecule has 0 aromatic heterocycles. The predicted octanol–water partition coefficient (Wildman–Crippen LogP) is 3.53. The van der Waals surface area contributed by atoms with Crippen LogP contribution < -0.4 is 0 Å². The Morgan fingerprint density at radius 1 is 0.864 bits per heavy atom. The van der Waals surface area contributed by atoms with Gasteiger partial charge in [0.05, 0.1) is 5.60 Å². The highest BCUT2D eigenvalue weighted by Gasteiger charge is 2.45. The van der Waals surface area contributed by atoms with Crippen molar-refractivity contribution in [1.82, 2.24) is 4.90 Å². The molecule has 2 aromatic carbocycles. The van der Waals surface area contributed by atoms with Gasteiger partial charge in [0.15, 0.2) is 0 Å². The monoisotopic (exact) mass is 293 g/mol. The van der Waals surface area contributed by atoms with E-state index in [1.807, 2.05) is 18.2 Å². The van der Waals surface area contributed by atoms with E-state index in [2.05, 4.69) is 47.4 Å². The minimum absolute atomic E-state index is 0.630. The molecule has 0 spiro atoms. The number of likely N-dealkylation sites (tertiary alicyclic amines) is 1. The molecule has 2 fully saturated rings. The molecule has 0 amide bonds. The van der Waals surface area contributed by atoms with Gasteiger partial charge in [0.1, 0.15) is 0 Å². The highest BCUT2D eigenvalue weighted by molar-refractivity contribution is 5.28. The lowest BCUT2D eigenvalue weighted by Crippen LogP contribution is -2.43. The molecule has 0 radical (unpaired) electrons. The van der Waals surface area contributed by atoms with Gasteiger partial charge in [-0.3, -0.25) is 4.90 Å². The summed E-state index contributed by atoms with van der Waals surface area (Å²) in [7, 11) is 0. The second-order valence-electron chi connectivity index (χ2n) is 6.75. The summed E-state index contributed by atoms with van der Waals surface area (Å²) in [6, 6.07) is 21.7. The van der Waals surface area contributed by atoms with Crippen LogP contribution in [0.2, 0.25) is 0 Å². The van der Waals surface area contributed by atoms with Gasteiger partial charge >= 0.3 is 0 Å². The number of piperidine rings is 1. The second-order valence-corrected chi connectivity index (χ2v) is 6.75. The first-order valence-electron chi connectivity index (χ1n) is 8.33. The number of hydrogen-bond donors (Lipinski definition) is 1. The minimum atomic E-state index is -0.630. The van der Waals surface area contributed by atoms with Gasteiger partial charge in [-0.15, -0.1) is 0 Å². The average molecular weight is 293 g/mol. The first-order chi connectivity index (χ1) is 10.8. The van der Waals surface area contributed by atoms with Gasteiger partial charge in [-0.2, -0.15) is 0 Å². The van der Waals surface area contributed by atoms with E-state index >= 15 is 0 Å². The van der Waals surface area contributed by atoms with Crippen molar-refractivity contribution in [3.05, 3.63) is 71.8 Å². The third kappa shape index (κ3) is 2.57. The lowest BCUT2D eigenvalue weighted by atomic mass is 9.84. The molecule has 2 aromatic rings. The van der Waals surface area contributed by atoms with Crippen molar-refractivity contribution in [2.45, 2.75) is 36.8 Å². The predicted molar refractivity (Wildman–Crippen MR) is 88.7 cm³/mol. The fourth-order valence-electron chi connectivity index (χ4n) is 3.91. The molecule has 4 rings (SSSR count). The molecule has 2 nitrogen and oxygen atoms in total. The van der Waals surface area contributed by atoms with E-state index in [-0.39, 0.29) is 0 Å². The van der Waals surface area contributed by atoms with E-state index in [1.165, 1.54) is 12.0 Å². The van der Waals surface area contributed by atoms with Crippen molar-refractivity contribution >= 4 is 0 Å². The van der Waals surface area contributed by atoms with E-state index in [9.17, 15) is 5.11 Å². The van der Waals surface area contributed by atoms with Crippen LogP contribution in [0.3, 0.4) is 0 Å². The fourth-order valence-corrected chi connectivity index (χ4v) is 3.91. The van der Waals surface area contributed by atoms with E-state index in [0.717, 1.165) is 31.5 Å². The van der Waals surface area contributed by atoms with Gasteiger partial charge in [-0.1, -0.05) is 60.7 Å². The quantitative estimate of drug-likeness (QED) is 0.936. The number of benzene rings is 2. The Hall–Kier alpha value is -1.64. The maximum atomic E-state index is 10.9. The van der Waals surface area contributed by atoms with Crippen molar-refractivity contribution < 1.29 is 5.11 Å². The first kappa shape index (κ1) is 14.0. The van der Waals surface area contributed by atoms with E-state index in [0.29, 0.717) is 12.0 Å². The molecule has 1 aliphatic carbocycles. The van der Waals surface area contributed by atoms with Crippen LogP contribution in [0.15, 0.2) is 60.7 Å². The molecule has 22 heavy (non-hydrogen) atoms. The Balaban J connectivity index is 1.39. The highest BCUT2D eigenvalue weighted by Crippen LogP contribution is 2.46. The van der Waals surface area contributed by atoms with Gasteiger partial charge in [-0.25, -0.2) is 0 Å². The Bertz CT molecular complexity index is 617. The van der Waals surface area contributed by atoms with Crippen LogP contribution in [-0.4, -0.2) is 29.1 Å². The number of aliphatic hydroxyl groups is 1. The summed E-state index contributed by atoms with van der Waals surface area (Å²) in [4.78, 5) is 2.58. The molecule has 2 aliphatic rings. The van der Waals surface area contributed by atoms with Crippen LogP contribution in [0, 0.1) is 0 Å². The van der Waals surface area contributed by atoms with Gasteiger partial charge < -0.3 is 5.11 Å². The summed E-state index contributed by atoms with van der Waals surface area (Å²) in [5.74, 6) is 0.698. The molecule has 0 unspecified atom stereocenters. The topological polar surface area (TPSA) is 23.5 Å². The molecule has 1 saturated heterocycles.